The standard InChI is InChI=1S/C19H20N2O2/c1-12(14-9-15(22-3)11-16(10-14)23-4)19-17-7-5-6-8-18(17)20-13(2)21-19/h5-12H,1-4H3. The van der Waals surface area contributed by atoms with Gasteiger partial charge in [0.05, 0.1) is 25.4 Å². The number of ether oxygens (including phenoxy) is 2. The maximum atomic E-state index is 5.38. The number of methoxy groups -OCH3 is 2. The number of nitrogens with zero attached hydrogens (tertiary/aromatic N) is 2. The van der Waals surface area contributed by atoms with Crippen LogP contribution in [-0.4, -0.2) is 24.2 Å². The van der Waals surface area contributed by atoms with E-state index in [1.807, 2.05) is 43.3 Å². The second kappa shape index (κ2) is 6.24. The SMILES string of the molecule is COc1cc(OC)cc(C(C)c2nc(C)nc3ccccc23)c1. The van der Waals surface area contributed by atoms with Gasteiger partial charge in [-0.1, -0.05) is 25.1 Å². The highest BCUT2D eigenvalue weighted by Crippen LogP contribution is 2.33. The molecule has 0 bridgehead atoms. The summed E-state index contributed by atoms with van der Waals surface area (Å²) in [6.07, 6.45) is 0. The Bertz CT molecular complexity index is 824. The van der Waals surface area contributed by atoms with Crippen molar-refractivity contribution in [2.75, 3.05) is 14.2 Å². The molecular formula is C19H20N2O2. The first-order valence-corrected chi connectivity index (χ1v) is 7.58. The molecule has 0 N–H and O–H groups in total. The van der Waals surface area contributed by atoms with Crippen LogP contribution in [0.25, 0.3) is 10.9 Å². The average molecular weight is 308 g/mol. The molecule has 0 fully saturated rings. The van der Waals surface area contributed by atoms with Crippen LogP contribution in [0.3, 0.4) is 0 Å². The maximum Gasteiger partial charge on any atom is 0.126 e. The summed E-state index contributed by atoms with van der Waals surface area (Å²) in [7, 11) is 3.32. The van der Waals surface area contributed by atoms with Gasteiger partial charge in [0.25, 0.3) is 0 Å². The predicted octanol–water partition coefficient (Wildman–Crippen LogP) is 4.11. The second-order valence-electron chi connectivity index (χ2n) is 5.54. The van der Waals surface area contributed by atoms with E-state index in [0.717, 1.165) is 39.5 Å². The molecule has 0 amide bonds. The van der Waals surface area contributed by atoms with Crippen molar-refractivity contribution in [3.8, 4) is 11.5 Å². The number of rotatable bonds is 4. The summed E-state index contributed by atoms with van der Waals surface area (Å²) in [5, 5.41) is 1.08. The van der Waals surface area contributed by atoms with E-state index in [4.69, 9.17) is 14.5 Å². The van der Waals surface area contributed by atoms with Gasteiger partial charge >= 0.3 is 0 Å². The van der Waals surface area contributed by atoms with Crippen molar-refractivity contribution in [3.63, 3.8) is 0 Å². The van der Waals surface area contributed by atoms with Crippen LogP contribution in [0, 0.1) is 6.92 Å². The molecule has 1 unspecified atom stereocenters. The normalized spacial score (nSPS) is 12.2. The molecule has 0 saturated heterocycles. The van der Waals surface area contributed by atoms with E-state index in [0.29, 0.717) is 0 Å². The lowest BCUT2D eigenvalue weighted by Crippen LogP contribution is -2.04. The second-order valence-corrected chi connectivity index (χ2v) is 5.54. The van der Waals surface area contributed by atoms with Gasteiger partial charge in [0.15, 0.2) is 0 Å². The number of hydrogen-bond acceptors (Lipinski definition) is 4. The van der Waals surface area contributed by atoms with Crippen molar-refractivity contribution in [1.82, 2.24) is 9.97 Å². The fraction of sp³-hybridized carbons (Fsp3) is 0.263. The van der Waals surface area contributed by atoms with Crippen LogP contribution in [0.15, 0.2) is 42.5 Å². The molecule has 4 heteroatoms. The minimum Gasteiger partial charge on any atom is -0.497 e. The zero-order chi connectivity index (χ0) is 16.4. The van der Waals surface area contributed by atoms with E-state index >= 15 is 0 Å². The first-order valence-electron chi connectivity index (χ1n) is 7.58. The van der Waals surface area contributed by atoms with Crippen molar-refractivity contribution in [1.29, 1.82) is 0 Å². The Morgan fingerprint density at radius 3 is 2.22 bits per heavy atom. The third-order valence-electron chi connectivity index (χ3n) is 4.03. The van der Waals surface area contributed by atoms with Crippen LogP contribution in [0.5, 0.6) is 11.5 Å². The number of aromatic nitrogens is 2. The molecule has 2 aromatic carbocycles. The van der Waals surface area contributed by atoms with Gasteiger partial charge in [-0.3, -0.25) is 0 Å². The number of para-hydroxylation sites is 1. The van der Waals surface area contributed by atoms with Crippen LogP contribution < -0.4 is 9.47 Å². The lowest BCUT2D eigenvalue weighted by atomic mass is 9.94. The van der Waals surface area contributed by atoms with Crippen LogP contribution >= 0.6 is 0 Å². The summed E-state index contributed by atoms with van der Waals surface area (Å²) in [4.78, 5) is 9.22. The predicted molar refractivity (Wildman–Crippen MR) is 91.3 cm³/mol. The van der Waals surface area contributed by atoms with Crippen molar-refractivity contribution in [2.24, 2.45) is 0 Å². The highest BCUT2D eigenvalue weighted by atomic mass is 16.5. The molecule has 0 aliphatic carbocycles. The van der Waals surface area contributed by atoms with E-state index in [1.165, 1.54) is 0 Å². The molecule has 0 aliphatic rings. The summed E-state index contributed by atoms with van der Waals surface area (Å²) in [5.41, 5.74) is 3.09. The molecule has 0 aliphatic heterocycles. The Hall–Kier alpha value is -2.62. The number of fused-ring (bicyclic) bond motifs is 1. The van der Waals surface area contributed by atoms with E-state index in [2.05, 4.69) is 18.0 Å². The number of aryl methyl sites for hydroxylation is 1. The van der Waals surface area contributed by atoms with Crippen molar-refractivity contribution in [3.05, 3.63) is 59.5 Å². The van der Waals surface area contributed by atoms with Gasteiger partial charge in [-0.05, 0) is 30.7 Å². The molecule has 0 spiro atoms. The van der Waals surface area contributed by atoms with Crippen LogP contribution in [-0.2, 0) is 0 Å². The summed E-state index contributed by atoms with van der Waals surface area (Å²) in [6.45, 7) is 4.07. The summed E-state index contributed by atoms with van der Waals surface area (Å²) < 4.78 is 10.8. The number of hydrogen-bond donors (Lipinski definition) is 0. The Morgan fingerprint density at radius 2 is 1.57 bits per heavy atom. The highest BCUT2D eigenvalue weighted by Gasteiger charge is 2.16. The lowest BCUT2D eigenvalue weighted by molar-refractivity contribution is 0.393. The van der Waals surface area contributed by atoms with Crippen molar-refractivity contribution >= 4 is 10.9 Å². The molecule has 23 heavy (non-hydrogen) atoms. The van der Waals surface area contributed by atoms with E-state index in [1.54, 1.807) is 14.2 Å². The van der Waals surface area contributed by atoms with Crippen LogP contribution in [0.2, 0.25) is 0 Å². The molecule has 4 nitrogen and oxygen atoms in total. The van der Waals surface area contributed by atoms with Gasteiger partial charge < -0.3 is 9.47 Å². The van der Waals surface area contributed by atoms with Gasteiger partial charge in [0.1, 0.15) is 17.3 Å². The van der Waals surface area contributed by atoms with Gasteiger partial charge in [-0.2, -0.15) is 0 Å². The minimum absolute atomic E-state index is 0.102. The van der Waals surface area contributed by atoms with E-state index < -0.39 is 0 Å². The molecule has 1 heterocycles. The van der Waals surface area contributed by atoms with Crippen molar-refractivity contribution in [2.45, 2.75) is 19.8 Å². The smallest absolute Gasteiger partial charge is 0.126 e. The third kappa shape index (κ3) is 2.97. The fourth-order valence-electron chi connectivity index (χ4n) is 2.79. The van der Waals surface area contributed by atoms with Crippen molar-refractivity contribution < 1.29 is 9.47 Å². The quantitative estimate of drug-likeness (QED) is 0.727. The topological polar surface area (TPSA) is 44.2 Å². The Balaban J connectivity index is 2.15. The molecule has 118 valence electrons. The Morgan fingerprint density at radius 1 is 0.913 bits per heavy atom. The molecule has 0 radical (unpaired) electrons. The molecule has 3 rings (SSSR count). The Labute approximate surface area is 136 Å². The third-order valence-corrected chi connectivity index (χ3v) is 4.03. The minimum atomic E-state index is 0.102. The molecule has 1 aromatic heterocycles. The summed E-state index contributed by atoms with van der Waals surface area (Å²) in [6, 6.07) is 14.0. The molecule has 3 aromatic rings. The average Bonchev–Trinajstić information content (AvgIpc) is 2.59. The largest absolute Gasteiger partial charge is 0.497 e. The zero-order valence-corrected chi connectivity index (χ0v) is 13.8. The van der Waals surface area contributed by atoms with Gasteiger partial charge in [-0.15, -0.1) is 0 Å². The van der Waals surface area contributed by atoms with Crippen LogP contribution in [0.1, 0.15) is 29.9 Å². The maximum absolute atomic E-state index is 5.38. The summed E-state index contributed by atoms with van der Waals surface area (Å²) in [5.74, 6) is 2.44. The van der Waals surface area contributed by atoms with E-state index in [-0.39, 0.29) is 5.92 Å². The van der Waals surface area contributed by atoms with Gasteiger partial charge in [0, 0.05) is 17.4 Å². The monoisotopic (exact) mass is 308 g/mol. The van der Waals surface area contributed by atoms with Crippen LogP contribution in [0.4, 0.5) is 0 Å². The molecule has 0 saturated carbocycles. The molecular weight excluding hydrogens is 288 g/mol. The molecule has 1 atom stereocenters. The Kier molecular flexibility index (Phi) is 4.15. The fourth-order valence-corrected chi connectivity index (χ4v) is 2.79. The first kappa shape index (κ1) is 15.3. The first-order chi connectivity index (χ1) is 11.1. The summed E-state index contributed by atoms with van der Waals surface area (Å²) >= 11 is 0. The van der Waals surface area contributed by atoms with Gasteiger partial charge in [0.2, 0.25) is 0 Å². The van der Waals surface area contributed by atoms with Gasteiger partial charge in [-0.25, -0.2) is 9.97 Å². The lowest BCUT2D eigenvalue weighted by Gasteiger charge is -2.16. The zero-order valence-electron chi connectivity index (χ0n) is 13.8. The van der Waals surface area contributed by atoms with E-state index in [9.17, 15) is 0 Å². The highest BCUT2D eigenvalue weighted by molar-refractivity contribution is 5.81. The number of benzene rings is 2.